The lowest BCUT2D eigenvalue weighted by Gasteiger charge is -2.28. The summed E-state index contributed by atoms with van der Waals surface area (Å²) < 4.78 is 1.84. The number of fused-ring (bicyclic) bond motifs is 2. The van der Waals surface area contributed by atoms with Gasteiger partial charge in [0.25, 0.3) is 0 Å². The standard InChI is InChI=1S/C18H20N4O2/c1-18(2)7-13-16(14(23)8-18)22(10-20-13)12-6-11-4-5-15(24)21(3)17(11)19-9-12/h6,9-10H,4-5,7-8H2,1-3H3. The molecule has 6 nitrogen and oxygen atoms in total. The molecule has 3 heterocycles. The maximum atomic E-state index is 12.6. The van der Waals surface area contributed by atoms with E-state index in [0.717, 1.165) is 23.4 Å². The van der Waals surface area contributed by atoms with Gasteiger partial charge in [0, 0.05) is 19.9 Å². The summed E-state index contributed by atoms with van der Waals surface area (Å²) in [7, 11) is 1.75. The fraction of sp³-hybridized carbons (Fsp3) is 0.444. The molecule has 2 aliphatic rings. The first kappa shape index (κ1) is 15.1. The highest BCUT2D eigenvalue weighted by Gasteiger charge is 2.34. The third-order valence-electron chi connectivity index (χ3n) is 4.90. The summed E-state index contributed by atoms with van der Waals surface area (Å²) in [5, 5.41) is 0. The van der Waals surface area contributed by atoms with Gasteiger partial charge in [-0.1, -0.05) is 13.8 Å². The second-order valence-electron chi connectivity index (χ2n) is 7.48. The maximum Gasteiger partial charge on any atom is 0.228 e. The van der Waals surface area contributed by atoms with Gasteiger partial charge in [0.15, 0.2) is 5.78 Å². The number of carbonyl (C=O) groups excluding carboxylic acids is 2. The van der Waals surface area contributed by atoms with Crippen molar-refractivity contribution in [2.24, 2.45) is 5.41 Å². The van der Waals surface area contributed by atoms with Crippen LogP contribution >= 0.6 is 0 Å². The Morgan fingerprint density at radius 3 is 2.71 bits per heavy atom. The lowest BCUT2D eigenvalue weighted by Crippen LogP contribution is -2.32. The molecule has 0 atom stereocenters. The van der Waals surface area contributed by atoms with Crippen LogP contribution in [0.4, 0.5) is 5.82 Å². The molecule has 24 heavy (non-hydrogen) atoms. The summed E-state index contributed by atoms with van der Waals surface area (Å²) in [6, 6.07) is 2.01. The van der Waals surface area contributed by atoms with E-state index in [2.05, 4.69) is 23.8 Å². The molecule has 1 aliphatic heterocycles. The fourth-order valence-corrected chi connectivity index (χ4v) is 3.68. The van der Waals surface area contributed by atoms with E-state index in [-0.39, 0.29) is 17.1 Å². The summed E-state index contributed by atoms with van der Waals surface area (Å²) >= 11 is 0. The Morgan fingerprint density at radius 2 is 1.92 bits per heavy atom. The zero-order chi connectivity index (χ0) is 17.1. The van der Waals surface area contributed by atoms with Gasteiger partial charge in [0.1, 0.15) is 17.8 Å². The Kier molecular flexibility index (Phi) is 3.13. The van der Waals surface area contributed by atoms with Crippen LogP contribution < -0.4 is 4.90 Å². The minimum atomic E-state index is -0.0412. The topological polar surface area (TPSA) is 68.1 Å². The summed E-state index contributed by atoms with van der Waals surface area (Å²) in [4.78, 5) is 34.9. The molecule has 0 radical (unpaired) electrons. The number of nitrogens with zero attached hydrogens (tertiary/aromatic N) is 4. The van der Waals surface area contributed by atoms with Crippen LogP contribution in [-0.2, 0) is 17.6 Å². The zero-order valence-electron chi connectivity index (χ0n) is 14.2. The van der Waals surface area contributed by atoms with Crippen molar-refractivity contribution in [2.75, 3.05) is 11.9 Å². The van der Waals surface area contributed by atoms with E-state index in [0.29, 0.717) is 30.8 Å². The van der Waals surface area contributed by atoms with Crippen molar-refractivity contribution in [3.05, 3.63) is 35.5 Å². The summed E-state index contributed by atoms with van der Waals surface area (Å²) in [6.07, 6.45) is 5.92. The number of amides is 1. The molecular formula is C18H20N4O2. The van der Waals surface area contributed by atoms with Crippen LogP contribution in [-0.4, -0.2) is 33.3 Å². The molecule has 1 amide bonds. The molecule has 0 fully saturated rings. The predicted molar refractivity (Wildman–Crippen MR) is 89.5 cm³/mol. The van der Waals surface area contributed by atoms with E-state index >= 15 is 0 Å². The number of imidazole rings is 1. The van der Waals surface area contributed by atoms with Gasteiger partial charge in [-0.15, -0.1) is 0 Å². The lowest BCUT2D eigenvalue weighted by molar-refractivity contribution is -0.118. The molecule has 2 aromatic heterocycles. The number of aryl methyl sites for hydroxylation is 1. The molecule has 0 unspecified atom stereocenters. The fourth-order valence-electron chi connectivity index (χ4n) is 3.68. The van der Waals surface area contributed by atoms with Crippen molar-refractivity contribution in [1.29, 1.82) is 0 Å². The molecular weight excluding hydrogens is 304 g/mol. The number of pyridine rings is 1. The average molecular weight is 324 g/mol. The molecule has 4 rings (SSSR count). The van der Waals surface area contributed by atoms with Gasteiger partial charge >= 0.3 is 0 Å². The first-order chi connectivity index (χ1) is 11.4. The molecule has 1 aliphatic carbocycles. The summed E-state index contributed by atoms with van der Waals surface area (Å²) in [5.74, 6) is 0.917. The molecule has 2 aromatic rings. The summed E-state index contributed by atoms with van der Waals surface area (Å²) in [6.45, 7) is 4.19. The van der Waals surface area contributed by atoms with Gasteiger partial charge in [-0.3, -0.25) is 19.1 Å². The van der Waals surface area contributed by atoms with Crippen molar-refractivity contribution in [1.82, 2.24) is 14.5 Å². The number of hydrogen-bond donors (Lipinski definition) is 0. The molecule has 124 valence electrons. The predicted octanol–water partition coefficient (Wildman–Crippen LogP) is 2.33. The van der Waals surface area contributed by atoms with E-state index in [1.807, 2.05) is 10.6 Å². The van der Waals surface area contributed by atoms with Crippen molar-refractivity contribution in [2.45, 2.75) is 39.5 Å². The van der Waals surface area contributed by atoms with Gasteiger partial charge in [-0.05, 0) is 29.9 Å². The van der Waals surface area contributed by atoms with Crippen LogP contribution in [0.15, 0.2) is 18.6 Å². The van der Waals surface area contributed by atoms with Crippen molar-refractivity contribution in [3.8, 4) is 5.69 Å². The number of anilines is 1. The molecule has 0 saturated heterocycles. The van der Waals surface area contributed by atoms with Gasteiger partial charge in [0.2, 0.25) is 5.91 Å². The van der Waals surface area contributed by atoms with Gasteiger partial charge in [-0.25, -0.2) is 9.97 Å². The maximum absolute atomic E-state index is 12.6. The monoisotopic (exact) mass is 324 g/mol. The van der Waals surface area contributed by atoms with Gasteiger partial charge in [-0.2, -0.15) is 0 Å². The Hall–Kier alpha value is -2.50. The number of carbonyl (C=O) groups is 2. The number of Topliss-reactive ketones (excluding diaryl/α,β-unsaturated/α-hetero) is 1. The second-order valence-corrected chi connectivity index (χ2v) is 7.48. The van der Waals surface area contributed by atoms with Crippen LogP contribution in [0.2, 0.25) is 0 Å². The van der Waals surface area contributed by atoms with Crippen molar-refractivity contribution >= 4 is 17.5 Å². The van der Waals surface area contributed by atoms with E-state index in [1.54, 1.807) is 24.5 Å². The van der Waals surface area contributed by atoms with Crippen LogP contribution in [0.1, 0.15) is 48.4 Å². The molecule has 0 saturated carbocycles. The zero-order valence-corrected chi connectivity index (χ0v) is 14.2. The second kappa shape index (κ2) is 5.00. The highest BCUT2D eigenvalue weighted by atomic mass is 16.2. The smallest absolute Gasteiger partial charge is 0.228 e. The van der Waals surface area contributed by atoms with E-state index < -0.39 is 0 Å². The third kappa shape index (κ3) is 2.25. The first-order valence-electron chi connectivity index (χ1n) is 8.21. The van der Waals surface area contributed by atoms with E-state index in [4.69, 9.17) is 0 Å². The highest BCUT2D eigenvalue weighted by Crippen LogP contribution is 2.35. The molecule has 0 N–H and O–H groups in total. The molecule has 0 aromatic carbocycles. The largest absolute Gasteiger partial charge is 0.300 e. The van der Waals surface area contributed by atoms with Crippen LogP contribution in [0.5, 0.6) is 0 Å². The Morgan fingerprint density at radius 1 is 1.12 bits per heavy atom. The van der Waals surface area contributed by atoms with Crippen LogP contribution in [0.3, 0.4) is 0 Å². The number of ketones is 1. The number of rotatable bonds is 1. The van der Waals surface area contributed by atoms with Gasteiger partial charge < -0.3 is 0 Å². The Labute approximate surface area is 140 Å². The van der Waals surface area contributed by atoms with Gasteiger partial charge in [0.05, 0.1) is 17.6 Å². The first-order valence-corrected chi connectivity index (χ1v) is 8.21. The number of aromatic nitrogens is 3. The quantitative estimate of drug-likeness (QED) is 0.807. The van der Waals surface area contributed by atoms with E-state index in [1.165, 1.54) is 0 Å². The average Bonchev–Trinajstić information content (AvgIpc) is 2.93. The van der Waals surface area contributed by atoms with E-state index in [9.17, 15) is 9.59 Å². The number of hydrogen-bond acceptors (Lipinski definition) is 4. The van der Waals surface area contributed by atoms with Crippen LogP contribution in [0.25, 0.3) is 5.69 Å². The molecule has 0 bridgehead atoms. The SMILES string of the molecule is CN1C(=O)CCc2cc(-n3cnc4c3C(=O)CC(C)(C)C4)cnc21. The Bertz CT molecular complexity index is 866. The highest BCUT2D eigenvalue weighted by molar-refractivity contribution is 5.98. The van der Waals surface area contributed by atoms with Crippen LogP contribution in [0, 0.1) is 5.41 Å². The van der Waals surface area contributed by atoms with Crippen molar-refractivity contribution < 1.29 is 9.59 Å². The minimum absolute atomic E-state index is 0.0412. The minimum Gasteiger partial charge on any atom is -0.300 e. The third-order valence-corrected chi connectivity index (χ3v) is 4.90. The molecule has 0 spiro atoms. The van der Waals surface area contributed by atoms with Crippen molar-refractivity contribution in [3.63, 3.8) is 0 Å². The lowest BCUT2D eigenvalue weighted by atomic mass is 9.77. The Balaban J connectivity index is 1.78. The normalized spacial score (nSPS) is 19.2. The molecule has 6 heteroatoms. The summed E-state index contributed by atoms with van der Waals surface area (Å²) in [5.41, 5.74) is 3.36.